The van der Waals surface area contributed by atoms with Gasteiger partial charge in [0.25, 0.3) is 0 Å². The van der Waals surface area contributed by atoms with Gasteiger partial charge in [-0.2, -0.15) is 0 Å². The van der Waals surface area contributed by atoms with E-state index >= 15 is 0 Å². The molecule has 15 N–H and O–H groups in total. The summed E-state index contributed by atoms with van der Waals surface area (Å²) in [4.78, 5) is 141. The number of nitrogens with two attached hydrogens (primary N) is 1. The zero-order chi connectivity index (χ0) is 53.4. The van der Waals surface area contributed by atoms with E-state index in [4.69, 9.17) is 10.8 Å². The van der Waals surface area contributed by atoms with E-state index in [1.807, 2.05) is 13.8 Å². The van der Waals surface area contributed by atoms with Gasteiger partial charge in [-0.05, 0) is 75.0 Å². The van der Waals surface area contributed by atoms with Crippen molar-refractivity contribution >= 4 is 65.1 Å². The van der Waals surface area contributed by atoms with Crippen LogP contribution < -0.4 is 53.6 Å². The third-order valence-electron chi connectivity index (χ3n) is 10.1. The fourth-order valence-electron chi connectivity index (χ4n) is 6.57. The summed E-state index contributed by atoms with van der Waals surface area (Å²) in [6, 6.07) is -3.60. The summed E-state index contributed by atoms with van der Waals surface area (Å²) in [6.07, 6.45) is -2.21. The highest BCUT2D eigenvalue weighted by atomic mass is 16.4. The normalized spacial score (nSPS) is 14.5. The molecule has 25 heteroatoms. The fourth-order valence-corrected chi connectivity index (χ4v) is 6.57. The number of carbonyl (C=O) groups is 11. The second-order valence-corrected chi connectivity index (χ2v) is 18.2. The van der Waals surface area contributed by atoms with Crippen LogP contribution in [0.3, 0.4) is 0 Å². The molecule has 1 aromatic rings. The Hall–Kier alpha value is -6.89. The molecule has 70 heavy (non-hydrogen) atoms. The van der Waals surface area contributed by atoms with Crippen LogP contribution in [0.1, 0.15) is 93.1 Å². The number of hydrogen-bond donors (Lipinski definition) is 14. The summed E-state index contributed by atoms with van der Waals surface area (Å²) in [5.74, 6) is -10.8. The molecule has 0 aliphatic heterocycles. The standard InChI is InChI=1S/C45H72N10O15/c1-22(2)15-29(46)40(65)55-38(26(8)56)45(70)54-33(18-27-9-11-28(57)12-10-27)42(67)48-19-34(58)47-20-35(59)51-32(17-24(5)6)44(69)52-30(13-14-36(60)61)43(68)50-25(7)39(64)53-31(16-23(3)4)41(66)49-21-37(62)63/h9-12,22-26,29-33,38,56-57H,13-21,46H2,1-8H3,(H,47,58)(H,48,67)(H,49,66)(H,50,68)(H,51,59)(H,52,69)(H,53,64)(H,54,70)(H,55,65)(H,60,61)(H,62,63)/t25-,26+,29-,30-,31-,32-,33-,38-/m0/s1. The number of carboxylic acid groups (broad SMARTS) is 2. The lowest BCUT2D eigenvalue weighted by atomic mass is 10.0. The summed E-state index contributed by atoms with van der Waals surface area (Å²) in [5, 5.41) is 59.8. The SMILES string of the molecule is CC(C)C[C@H](NC(=O)CNC(=O)CNC(=O)[C@H](Cc1ccc(O)cc1)NC(=O)[C@@H](NC(=O)[C@@H](N)CC(C)C)[C@@H](C)O)C(=O)N[C@@H](CCC(=O)O)C(=O)N[C@@H](C)C(=O)N[C@@H](CC(C)C)C(=O)NCC(=O)O. The predicted molar refractivity (Wildman–Crippen MR) is 251 cm³/mol. The summed E-state index contributed by atoms with van der Waals surface area (Å²) >= 11 is 0. The molecule has 1 aromatic carbocycles. The molecular weight excluding hydrogens is 921 g/mol. The van der Waals surface area contributed by atoms with Crippen molar-refractivity contribution in [2.24, 2.45) is 23.5 Å². The molecule has 0 spiro atoms. The zero-order valence-corrected chi connectivity index (χ0v) is 40.9. The van der Waals surface area contributed by atoms with E-state index in [9.17, 15) is 68.1 Å². The first-order valence-electron chi connectivity index (χ1n) is 22.9. The molecule has 0 aromatic heterocycles. The Kier molecular flexibility index (Phi) is 26.7. The van der Waals surface area contributed by atoms with Gasteiger partial charge in [-0.1, -0.05) is 53.7 Å². The first kappa shape index (κ1) is 61.1. The molecule has 0 unspecified atom stereocenters. The first-order chi connectivity index (χ1) is 32.6. The van der Waals surface area contributed by atoms with E-state index in [1.54, 1.807) is 27.7 Å². The van der Waals surface area contributed by atoms with Crippen molar-refractivity contribution in [3.05, 3.63) is 29.8 Å². The van der Waals surface area contributed by atoms with Crippen LogP contribution in [0.25, 0.3) is 0 Å². The predicted octanol–water partition coefficient (Wildman–Crippen LogP) is -2.99. The largest absolute Gasteiger partial charge is 0.508 e. The molecule has 0 saturated carbocycles. The van der Waals surface area contributed by atoms with E-state index < -0.39 is 146 Å². The molecular formula is C45H72N10O15. The van der Waals surface area contributed by atoms with Crippen LogP contribution in [0.15, 0.2) is 24.3 Å². The molecule has 9 amide bonds. The van der Waals surface area contributed by atoms with E-state index in [0.29, 0.717) is 5.56 Å². The van der Waals surface area contributed by atoms with Gasteiger partial charge in [0.15, 0.2) is 0 Å². The second-order valence-electron chi connectivity index (χ2n) is 18.2. The number of aromatic hydroxyl groups is 1. The number of amides is 9. The van der Waals surface area contributed by atoms with Crippen molar-refractivity contribution in [2.45, 2.75) is 142 Å². The molecule has 0 fully saturated rings. The minimum absolute atomic E-state index is 0.00726. The fraction of sp³-hybridized carbons (Fsp3) is 0.622. The maximum atomic E-state index is 13.6. The van der Waals surface area contributed by atoms with Gasteiger partial charge >= 0.3 is 11.9 Å². The van der Waals surface area contributed by atoms with Gasteiger partial charge in [0.2, 0.25) is 53.2 Å². The number of rotatable bonds is 31. The number of hydrogen-bond acceptors (Lipinski definition) is 14. The molecule has 0 heterocycles. The lowest BCUT2D eigenvalue weighted by Gasteiger charge is -2.26. The highest BCUT2D eigenvalue weighted by molar-refractivity contribution is 5.97. The number of carbonyl (C=O) groups excluding carboxylic acids is 9. The highest BCUT2D eigenvalue weighted by Crippen LogP contribution is 2.13. The van der Waals surface area contributed by atoms with Gasteiger partial charge in [0.05, 0.1) is 25.2 Å². The zero-order valence-electron chi connectivity index (χ0n) is 40.9. The van der Waals surface area contributed by atoms with Crippen LogP contribution in [0.4, 0.5) is 0 Å². The summed E-state index contributed by atoms with van der Waals surface area (Å²) in [5.41, 5.74) is 6.42. The Morgan fingerprint density at radius 2 is 0.986 bits per heavy atom. The topological polar surface area (TPSA) is 403 Å². The third-order valence-corrected chi connectivity index (χ3v) is 10.1. The Morgan fingerprint density at radius 3 is 1.51 bits per heavy atom. The van der Waals surface area contributed by atoms with Gasteiger partial charge in [-0.25, -0.2) is 0 Å². The monoisotopic (exact) mass is 993 g/mol. The first-order valence-corrected chi connectivity index (χ1v) is 22.9. The van der Waals surface area contributed by atoms with Gasteiger partial charge in [-0.15, -0.1) is 0 Å². The third kappa shape index (κ3) is 24.4. The van der Waals surface area contributed by atoms with Gasteiger partial charge in [-0.3, -0.25) is 52.7 Å². The minimum Gasteiger partial charge on any atom is -0.508 e. The number of benzene rings is 1. The van der Waals surface area contributed by atoms with E-state index in [2.05, 4.69) is 47.9 Å². The Morgan fingerprint density at radius 1 is 0.500 bits per heavy atom. The Balaban J connectivity index is 3.07. The van der Waals surface area contributed by atoms with Crippen LogP contribution in [0, 0.1) is 17.8 Å². The van der Waals surface area contributed by atoms with Gasteiger partial charge < -0.3 is 74.0 Å². The van der Waals surface area contributed by atoms with Gasteiger partial charge in [0, 0.05) is 12.8 Å². The summed E-state index contributed by atoms with van der Waals surface area (Å²) in [7, 11) is 0. The molecule has 0 aliphatic rings. The summed E-state index contributed by atoms with van der Waals surface area (Å²) in [6.45, 7) is 11.1. The van der Waals surface area contributed by atoms with Crippen LogP contribution in [0.5, 0.6) is 5.75 Å². The lowest BCUT2D eigenvalue weighted by Crippen LogP contribution is -2.59. The Bertz CT molecular complexity index is 1980. The molecule has 1 rings (SSSR count). The highest BCUT2D eigenvalue weighted by Gasteiger charge is 2.33. The maximum absolute atomic E-state index is 13.6. The molecule has 392 valence electrons. The second kappa shape index (κ2) is 30.6. The van der Waals surface area contributed by atoms with Crippen LogP contribution >= 0.6 is 0 Å². The van der Waals surface area contributed by atoms with Crippen LogP contribution in [0.2, 0.25) is 0 Å². The molecule has 8 atom stereocenters. The number of aliphatic hydroxyl groups is 1. The number of aliphatic hydroxyl groups excluding tert-OH is 1. The average Bonchev–Trinajstić information content (AvgIpc) is 3.25. The molecule has 0 bridgehead atoms. The van der Waals surface area contributed by atoms with Crippen molar-refractivity contribution in [2.75, 3.05) is 19.6 Å². The molecule has 0 radical (unpaired) electrons. The minimum atomic E-state index is -1.54. The average molecular weight is 993 g/mol. The van der Waals surface area contributed by atoms with E-state index in [1.165, 1.54) is 38.1 Å². The molecule has 0 saturated heterocycles. The van der Waals surface area contributed by atoms with Crippen molar-refractivity contribution < 1.29 is 73.2 Å². The smallest absolute Gasteiger partial charge is 0.322 e. The van der Waals surface area contributed by atoms with Crippen molar-refractivity contribution in [1.82, 2.24) is 47.9 Å². The van der Waals surface area contributed by atoms with Crippen LogP contribution in [-0.2, 0) is 59.2 Å². The number of phenolic OH excluding ortho intramolecular Hbond substituents is 1. The van der Waals surface area contributed by atoms with Crippen molar-refractivity contribution in [3.63, 3.8) is 0 Å². The summed E-state index contributed by atoms with van der Waals surface area (Å²) < 4.78 is 0. The Labute approximate surface area is 406 Å². The quantitative estimate of drug-likeness (QED) is 0.0353. The lowest BCUT2D eigenvalue weighted by molar-refractivity contribution is -0.139. The molecule has 25 nitrogen and oxygen atoms in total. The number of nitrogens with one attached hydrogen (secondary N) is 9. The van der Waals surface area contributed by atoms with E-state index in [0.717, 1.165) is 0 Å². The van der Waals surface area contributed by atoms with Crippen molar-refractivity contribution in [1.29, 1.82) is 0 Å². The molecule has 0 aliphatic carbocycles. The van der Waals surface area contributed by atoms with E-state index in [-0.39, 0.29) is 49.2 Å². The number of carboxylic acids is 2. The van der Waals surface area contributed by atoms with Crippen molar-refractivity contribution in [3.8, 4) is 5.75 Å². The number of aliphatic carboxylic acids is 2. The maximum Gasteiger partial charge on any atom is 0.322 e. The van der Waals surface area contributed by atoms with Crippen LogP contribution in [-0.4, -0.2) is 154 Å². The van der Waals surface area contributed by atoms with Gasteiger partial charge in [0.1, 0.15) is 48.5 Å². The number of phenols is 1.